The Labute approximate surface area is 343 Å². The maximum Gasteiger partial charge on any atom is 0.331 e. The van der Waals surface area contributed by atoms with Crippen LogP contribution in [0.4, 0.5) is 0 Å². The summed E-state index contributed by atoms with van der Waals surface area (Å²) in [7, 11) is 0. The van der Waals surface area contributed by atoms with Gasteiger partial charge in [-0.15, -0.1) is 0 Å². The van der Waals surface area contributed by atoms with Crippen molar-refractivity contribution >= 4 is 17.7 Å². The van der Waals surface area contributed by atoms with E-state index < -0.39 is 48.6 Å². The van der Waals surface area contributed by atoms with Crippen LogP contribution < -0.4 is 0 Å². The molecule has 0 aromatic carbocycles. The summed E-state index contributed by atoms with van der Waals surface area (Å²) in [6.07, 6.45) is 28.1. The molecular formula is C47H64O11. The van der Waals surface area contributed by atoms with Crippen LogP contribution in [0, 0.1) is 17.8 Å². The number of ketones is 1. The molecule has 3 saturated heterocycles. The second-order valence-corrected chi connectivity index (χ2v) is 16.4. The zero-order valence-electron chi connectivity index (χ0n) is 34.4. The van der Waals surface area contributed by atoms with E-state index in [4.69, 9.17) is 28.8 Å². The van der Waals surface area contributed by atoms with E-state index in [1.165, 1.54) is 6.08 Å². The minimum absolute atomic E-state index is 0.00740. The topological polar surface area (TPSA) is 158 Å². The molecular weight excluding hydrogens is 741 g/mol. The molecule has 11 nitrogen and oxygen atoms in total. The lowest BCUT2D eigenvalue weighted by Gasteiger charge is -2.36. The normalized spacial score (nSPS) is 39.3. The molecule has 6 aliphatic rings. The third-order valence-corrected chi connectivity index (χ3v) is 11.8. The van der Waals surface area contributed by atoms with Crippen molar-refractivity contribution in [1.82, 2.24) is 0 Å². The van der Waals surface area contributed by atoms with E-state index in [1.54, 1.807) is 18.2 Å². The molecule has 7 bridgehead atoms. The Balaban J connectivity index is 1.29. The first kappa shape index (κ1) is 45.4. The number of carbonyl (C=O) groups is 3. The van der Waals surface area contributed by atoms with Gasteiger partial charge in [0.05, 0.1) is 36.6 Å². The third-order valence-electron chi connectivity index (χ3n) is 11.8. The van der Waals surface area contributed by atoms with Gasteiger partial charge in [-0.1, -0.05) is 106 Å². The van der Waals surface area contributed by atoms with Crippen LogP contribution in [0.2, 0.25) is 0 Å². The molecule has 0 aromatic rings. The Morgan fingerprint density at radius 1 is 0.793 bits per heavy atom. The molecule has 11 heteroatoms. The van der Waals surface area contributed by atoms with Crippen molar-refractivity contribution in [3.05, 3.63) is 96.7 Å². The molecule has 6 rings (SSSR count). The van der Waals surface area contributed by atoms with E-state index in [0.717, 1.165) is 24.8 Å². The van der Waals surface area contributed by atoms with Crippen molar-refractivity contribution in [1.29, 1.82) is 0 Å². The van der Waals surface area contributed by atoms with E-state index in [0.29, 0.717) is 32.1 Å². The number of hydrogen-bond acceptors (Lipinski definition) is 10. The number of rotatable bonds is 7. The zero-order chi connectivity index (χ0) is 41.6. The number of carbonyl (C=O) groups excluding carboxylic acids is 2. The second kappa shape index (κ2) is 22.6. The maximum atomic E-state index is 13.0. The lowest BCUT2D eigenvalue weighted by Crippen LogP contribution is -2.48. The number of unbranched alkanes of at least 4 members (excludes halogenated alkanes) is 1. The Morgan fingerprint density at radius 2 is 1.57 bits per heavy atom. The molecule has 0 unspecified atom stereocenters. The minimum atomic E-state index is -1.24. The molecule has 0 aliphatic carbocycles. The van der Waals surface area contributed by atoms with Gasteiger partial charge in [0.25, 0.3) is 0 Å². The van der Waals surface area contributed by atoms with Gasteiger partial charge < -0.3 is 39.0 Å². The van der Waals surface area contributed by atoms with Gasteiger partial charge >= 0.3 is 11.9 Å². The van der Waals surface area contributed by atoms with E-state index >= 15 is 0 Å². The number of esters is 1. The number of hydrogen-bond donors (Lipinski definition) is 3. The average molecular weight is 805 g/mol. The van der Waals surface area contributed by atoms with Gasteiger partial charge in [-0.3, -0.25) is 9.59 Å². The van der Waals surface area contributed by atoms with E-state index in [-0.39, 0.29) is 66.9 Å². The number of aliphatic carboxylic acids is 1. The largest absolute Gasteiger partial charge is 0.481 e. The summed E-state index contributed by atoms with van der Waals surface area (Å²) in [6.45, 7) is 8.03. The number of aliphatic hydroxyl groups is 2. The molecule has 0 aromatic heterocycles. The molecule has 3 N–H and O–H groups in total. The van der Waals surface area contributed by atoms with E-state index in [1.807, 2.05) is 74.6 Å². The highest BCUT2D eigenvalue weighted by molar-refractivity contribution is 5.83. The number of ether oxygens (including phenoxy) is 5. The van der Waals surface area contributed by atoms with Gasteiger partial charge in [-0.25, -0.2) is 4.79 Å². The number of carboxylic acid groups (broad SMARTS) is 1. The van der Waals surface area contributed by atoms with Crippen LogP contribution in [0.15, 0.2) is 96.7 Å². The molecule has 6 aliphatic heterocycles. The average Bonchev–Trinajstić information content (AvgIpc) is 3.54. The summed E-state index contributed by atoms with van der Waals surface area (Å²) in [5.74, 6) is -1.30. The summed E-state index contributed by atoms with van der Waals surface area (Å²) in [6, 6.07) is 0. The maximum absolute atomic E-state index is 13.0. The highest BCUT2D eigenvalue weighted by Crippen LogP contribution is 2.38. The van der Waals surface area contributed by atoms with Crippen LogP contribution in [-0.4, -0.2) is 100 Å². The first-order valence-corrected chi connectivity index (χ1v) is 21.2. The Bertz CT molecular complexity index is 1620. The van der Waals surface area contributed by atoms with Crippen LogP contribution in [0.5, 0.6) is 0 Å². The Hall–Kier alpha value is -3.71. The lowest BCUT2D eigenvalue weighted by atomic mass is 9.87. The van der Waals surface area contributed by atoms with Gasteiger partial charge in [-0.2, -0.15) is 0 Å². The molecule has 0 amide bonds. The molecule has 58 heavy (non-hydrogen) atoms. The number of Topliss-reactive ketones (excluding diaryl/α,β-unsaturated/α-hetero) is 1. The summed E-state index contributed by atoms with van der Waals surface area (Å²) < 4.78 is 31.4. The minimum Gasteiger partial charge on any atom is -0.481 e. The van der Waals surface area contributed by atoms with Crippen molar-refractivity contribution in [2.75, 3.05) is 0 Å². The summed E-state index contributed by atoms with van der Waals surface area (Å²) in [5, 5.41) is 30.8. The van der Waals surface area contributed by atoms with Crippen molar-refractivity contribution in [3.8, 4) is 0 Å². The number of fused-ring (bicyclic) bond motifs is 13. The lowest BCUT2D eigenvalue weighted by molar-refractivity contribution is -0.163. The van der Waals surface area contributed by atoms with Crippen LogP contribution in [0.25, 0.3) is 0 Å². The number of aliphatic hydroxyl groups excluding tert-OH is 2. The molecule has 6 heterocycles. The van der Waals surface area contributed by atoms with Crippen LogP contribution in [0.1, 0.15) is 91.9 Å². The first-order valence-electron chi connectivity index (χ1n) is 21.2. The van der Waals surface area contributed by atoms with Crippen LogP contribution in [0.3, 0.4) is 0 Å². The quantitative estimate of drug-likeness (QED) is 0.138. The number of carboxylic acids is 1. The van der Waals surface area contributed by atoms with Gasteiger partial charge in [0, 0.05) is 37.2 Å². The van der Waals surface area contributed by atoms with Crippen molar-refractivity contribution in [2.45, 2.75) is 159 Å². The molecule has 0 saturated carbocycles. The predicted octanol–water partition coefficient (Wildman–Crippen LogP) is 7.01. The summed E-state index contributed by atoms with van der Waals surface area (Å²) in [4.78, 5) is 36.9. The van der Waals surface area contributed by atoms with E-state index in [2.05, 4.69) is 19.9 Å². The molecule has 0 radical (unpaired) electrons. The molecule has 3 fully saturated rings. The monoisotopic (exact) mass is 804 g/mol. The van der Waals surface area contributed by atoms with Crippen LogP contribution in [-0.2, 0) is 38.1 Å². The molecule has 318 valence electrons. The predicted molar refractivity (Wildman–Crippen MR) is 221 cm³/mol. The number of allylic oxidation sites excluding steroid dienone is 7. The second-order valence-electron chi connectivity index (χ2n) is 16.4. The van der Waals surface area contributed by atoms with Gasteiger partial charge in [-0.05, 0) is 63.0 Å². The SMILES string of the molecule is C/C(=C\[C@@H](C)CCCCC(=O)O)[C@H]1O[C@@H]2C=C[C@@H]1OC(=O)/C=C\C=CC=C[C@H]1O[C@H]3C[C@H]1O[C@@H](/C=C/C[C@@H]1O[C@H](CC(=O)[C@H]1C)[C@@H](O)[C@H](O)/C=C/CC/C=C/C2)[C@H]3C. The fourth-order valence-corrected chi connectivity index (χ4v) is 8.23. The van der Waals surface area contributed by atoms with E-state index in [9.17, 15) is 24.6 Å². The zero-order valence-corrected chi connectivity index (χ0v) is 34.4. The third kappa shape index (κ3) is 13.4. The van der Waals surface area contributed by atoms with Crippen molar-refractivity contribution in [3.63, 3.8) is 0 Å². The Kier molecular flexibility index (Phi) is 17.7. The van der Waals surface area contributed by atoms with Gasteiger partial charge in [0.15, 0.2) is 6.10 Å². The van der Waals surface area contributed by atoms with Gasteiger partial charge in [0.1, 0.15) is 30.2 Å². The molecule has 0 spiro atoms. The first-order chi connectivity index (χ1) is 27.9. The highest BCUT2D eigenvalue weighted by Gasteiger charge is 2.45. The van der Waals surface area contributed by atoms with Gasteiger partial charge in [0.2, 0.25) is 0 Å². The standard InChI is InChI=1S/C47H64O11/c1-30(17-14-15-23-44(50)51)27-31(2)47-40-26-25-34(54-47)18-10-6-5-7-11-19-35(48)46(53)43-28-36(49)32(3)37(56-43)21-16-22-38-33(4)41-29-42(55-38)39(57-41)20-12-8-9-13-24-45(52)58-40/h6,8-13,16,19-20,22,24-27,30,32-35,37-43,46-48,53H,5,7,14-15,17-18,21,23,28-29H2,1-4H3,(H,50,51)/b9-8?,10-6+,19-11+,20-12?,22-16+,24-13-,31-27+/t30-,32+,33+,34-,35+,37-,38-,39+,40-,41-,42+,43+,46-,47+/m0/s1. The molecule has 14 atom stereocenters. The van der Waals surface area contributed by atoms with Crippen molar-refractivity contribution < 1.29 is 53.4 Å². The highest BCUT2D eigenvalue weighted by atomic mass is 16.6. The summed E-state index contributed by atoms with van der Waals surface area (Å²) >= 11 is 0. The fraction of sp³-hybridized carbons (Fsp3) is 0.596. The fourth-order valence-electron chi connectivity index (χ4n) is 8.23. The Morgan fingerprint density at radius 3 is 2.38 bits per heavy atom. The van der Waals surface area contributed by atoms with Crippen molar-refractivity contribution in [2.24, 2.45) is 17.8 Å². The van der Waals surface area contributed by atoms with Crippen LogP contribution >= 0.6 is 0 Å². The smallest absolute Gasteiger partial charge is 0.331 e. The summed E-state index contributed by atoms with van der Waals surface area (Å²) in [5.41, 5.74) is 0.941.